The van der Waals surface area contributed by atoms with Crippen molar-refractivity contribution < 1.29 is 48.0 Å². The van der Waals surface area contributed by atoms with E-state index in [1.807, 2.05) is 0 Å². The van der Waals surface area contributed by atoms with E-state index in [0.717, 1.165) is 27.7 Å². The molecule has 1 N–H and O–H groups in total. The van der Waals surface area contributed by atoms with Gasteiger partial charge in [0.2, 0.25) is 0 Å². The van der Waals surface area contributed by atoms with Gasteiger partial charge in [-0.3, -0.25) is 19.2 Å². The van der Waals surface area contributed by atoms with Gasteiger partial charge in [-0.1, -0.05) is 0 Å². The summed E-state index contributed by atoms with van der Waals surface area (Å²) in [7, 11) is 0. The number of hydrogen-bond acceptors (Lipinski definition) is 10. The molecule has 24 heavy (non-hydrogen) atoms. The second kappa shape index (κ2) is 10.3. The molecule has 0 amide bonds. The Hall–Kier alpha value is -2.49. The average Bonchev–Trinajstić information content (AvgIpc) is 2.45. The highest BCUT2D eigenvalue weighted by molar-refractivity contribution is 5.69. The molecule has 10 heteroatoms. The Morgan fingerprint density at radius 3 is 1.67 bits per heavy atom. The number of carbonyl (C=O) groups excluding carboxylic acids is 5. The van der Waals surface area contributed by atoms with Gasteiger partial charge >= 0.3 is 23.9 Å². The first-order valence-corrected chi connectivity index (χ1v) is 6.86. The third-order valence-electron chi connectivity index (χ3n) is 2.54. The van der Waals surface area contributed by atoms with Crippen LogP contribution in [0, 0.1) is 0 Å². The molecule has 136 valence electrons. The van der Waals surface area contributed by atoms with E-state index in [0.29, 0.717) is 0 Å². The summed E-state index contributed by atoms with van der Waals surface area (Å²) < 4.78 is 19.4. The minimum absolute atomic E-state index is 0.0563. The average molecular weight is 348 g/mol. The van der Waals surface area contributed by atoms with Crippen LogP contribution in [0.5, 0.6) is 0 Å². The lowest BCUT2D eigenvalue weighted by Gasteiger charge is -2.32. The number of carbonyl (C=O) groups is 5. The molecule has 0 saturated heterocycles. The van der Waals surface area contributed by atoms with Crippen molar-refractivity contribution in [3.8, 4) is 0 Å². The van der Waals surface area contributed by atoms with E-state index >= 15 is 0 Å². The van der Waals surface area contributed by atoms with Crippen LogP contribution in [0.3, 0.4) is 0 Å². The van der Waals surface area contributed by atoms with E-state index in [2.05, 4.69) is 0 Å². The smallest absolute Gasteiger partial charge is 0.303 e. The van der Waals surface area contributed by atoms with Gasteiger partial charge in [-0.2, -0.15) is 0 Å². The van der Waals surface area contributed by atoms with Crippen LogP contribution in [-0.4, -0.2) is 66.3 Å². The molecule has 0 aliphatic rings. The highest BCUT2D eigenvalue weighted by Crippen LogP contribution is 2.17. The van der Waals surface area contributed by atoms with Crippen LogP contribution in [0.2, 0.25) is 0 Å². The summed E-state index contributed by atoms with van der Waals surface area (Å²) in [6.45, 7) is 3.61. The number of esters is 4. The van der Waals surface area contributed by atoms with Crippen molar-refractivity contribution in [1.29, 1.82) is 0 Å². The molecule has 0 unspecified atom stereocenters. The van der Waals surface area contributed by atoms with E-state index < -0.39 is 54.9 Å². The molecular weight excluding hydrogens is 328 g/mol. The van der Waals surface area contributed by atoms with Gasteiger partial charge in [0.05, 0.1) is 0 Å². The normalized spacial score (nSPS) is 15.2. The maximum absolute atomic E-state index is 11.3. The van der Waals surface area contributed by atoms with Gasteiger partial charge in [0.25, 0.3) is 0 Å². The Kier molecular flexibility index (Phi) is 9.25. The van der Waals surface area contributed by atoms with E-state index in [1.165, 1.54) is 0 Å². The number of rotatable bonds is 9. The predicted octanol–water partition coefficient (Wildman–Crippen LogP) is -1.10. The van der Waals surface area contributed by atoms with Crippen molar-refractivity contribution in [2.75, 3.05) is 6.61 Å². The van der Waals surface area contributed by atoms with Gasteiger partial charge in [0.1, 0.15) is 12.7 Å². The third-order valence-corrected chi connectivity index (χ3v) is 2.54. The van der Waals surface area contributed by atoms with E-state index in [1.54, 1.807) is 0 Å². The highest BCUT2D eigenvalue weighted by atomic mass is 16.6. The molecule has 4 atom stereocenters. The zero-order valence-electron chi connectivity index (χ0n) is 13.7. The summed E-state index contributed by atoms with van der Waals surface area (Å²) in [5, 5.41) is 9.73. The van der Waals surface area contributed by atoms with E-state index in [4.69, 9.17) is 18.9 Å². The van der Waals surface area contributed by atoms with Crippen LogP contribution < -0.4 is 0 Å². The molecule has 0 radical (unpaired) electrons. The first-order chi connectivity index (χ1) is 11.1. The lowest BCUT2D eigenvalue weighted by atomic mass is 10.0. The lowest BCUT2D eigenvalue weighted by Crippen LogP contribution is -2.52. The van der Waals surface area contributed by atoms with Crippen LogP contribution in [0.25, 0.3) is 0 Å². The van der Waals surface area contributed by atoms with Gasteiger partial charge in [-0.05, 0) is 0 Å². The lowest BCUT2D eigenvalue weighted by molar-refractivity contribution is -0.197. The second-order valence-electron chi connectivity index (χ2n) is 4.73. The SMILES string of the molecule is CC(=O)OC[C@@H](OC(C)=O)[C@@H](OC(C)=O)[C@H](OC(C)=O)[C@@H](O)C=O. The molecule has 10 nitrogen and oxygen atoms in total. The molecule has 0 aromatic heterocycles. The number of aliphatic hydroxyl groups excluding tert-OH is 1. The number of aliphatic hydroxyl groups is 1. The molecular formula is C14H20O10. The molecule has 0 aliphatic carbocycles. The highest BCUT2D eigenvalue weighted by Gasteiger charge is 2.41. The Balaban J connectivity index is 5.67. The Bertz CT molecular complexity index is 486. The van der Waals surface area contributed by atoms with Crippen molar-refractivity contribution in [3.05, 3.63) is 0 Å². The van der Waals surface area contributed by atoms with Crippen LogP contribution in [0.1, 0.15) is 27.7 Å². The van der Waals surface area contributed by atoms with Crippen LogP contribution in [0.15, 0.2) is 0 Å². The molecule has 0 saturated carbocycles. The van der Waals surface area contributed by atoms with Crippen molar-refractivity contribution in [2.45, 2.75) is 52.1 Å². The quantitative estimate of drug-likeness (QED) is 0.310. The molecule has 0 aromatic rings. The monoisotopic (exact) mass is 348 g/mol. The standard InChI is InChI=1S/C14H20O10/c1-7(16)21-6-12(22-8(2)17)14(24-10(4)19)13(11(20)5-15)23-9(3)18/h5,11-14,20H,6H2,1-4H3/t11-,12+,13+,14+/m0/s1. The topological polar surface area (TPSA) is 143 Å². The summed E-state index contributed by atoms with van der Waals surface area (Å²) in [6.07, 6.45) is -6.46. The van der Waals surface area contributed by atoms with Gasteiger partial charge in [0, 0.05) is 27.7 Å². The molecule has 0 aliphatic heterocycles. The summed E-state index contributed by atoms with van der Waals surface area (Å²) in [5.74, 6) is -3.28. The van der Waals surface area contributed by atoms with E-state index in [-0.39, 0.29) is 6.29 Å². The summed E-state index contributed by atoms with van der Waals surface area (Å²) in [4.78, 5) is 55.5. The van der Waals surface area contributed by atoms with E-state index in [9.17, 15) is 29.1 Å². The third kappa shape index (κ3) is 8.22. The molecule has 0 heterocycles. The van der Waals surface area contributed by atoms with Crippen LogP contribution in [-0.2, 0) is 42.9 Å². The fraction of sp³-hybridized carbons (Fsp3) is 0.643. The van der Waals surface area contributed by atoms with Crippen LogP contribution in [0.4, 0.5) is 0 Å². The maximum atomic E-state index is 11.3. The van der Waals surface area contributed by atoms with Crippen molar-refractivity contribution in [1.82, 2.24) is 0 Å². The maximum Gasteiger partial charge on any atom is 0.303 e. The molecule has 0 fully saturated rings. The minimum Gasteiger partial charge on any atom is -0.462 e. The Morgan fingerprint density at radius 2 is 1.29 bits per heavy atom. The first kappa shape index (κ1) is 21.5. The molecule has 0 spiro atoms. The number of ether oxygens (including phenoxy) is 4. The Morgan fingerprint density at radius 1 is 0.833 bits per heavy atom. The summed E-state index contributed by atoms with van der Waals surface area (Å²) in [6, 6.07) is 0. The van der Waals surface area contributed by atoms with Gasteiger partial charge in [0.15, 0.2) is 24.6 Å². The van der Waals surface area contributed by atoms with Crippen molar-refractivity contribution >= 4 is 30.2 Å². The molecule has 0 aromatic carbocycles. The number of aldehydes is 1. The zero-order valence-corrected chi connectivity index (χ0v) is 13.7. The minimum atomic E-state index is -1.87. The van der Waals surface area contributed by atoms with Crippen molar-refractivity contribution in [2.24, 2.45) is 0 Å². The molecule has 0 bridgehead atoms. The predicted molar refractivity (Wildman–Crippen MR) is 75.4 cm³/mol. The van der Waals surface area contributed by atoms with Gasteiger partial charge in [-0.25, -0.2) is 0 Å². The fourth-order valence-corrected chi connectivity index (χ4v) is 1.75. The van der Waals surface area contributed by atoms with Crippen molar-refractivity contribution in [3.63, 3.8) is 0 Å². The molecule has 0 rings (SSSR count). The van der Waals surface area contributed by atoms with Gasteiger partial charge < -0.3 is 28.8 Å². The largest absolute Gasteiger partial charge is 0.462 e. The van der Waals surface area contributed by atoms with Crippen LogP contribution >= 0.6 is 0 Å². The summed E-state index contributed by atoms with van der Waals surface area (Å²) >= 11 is 0. The first-order valence-electron chi connectivity index (χ1n) is 6.86. The van der Waals surface area contributed by atoms with Gasteiger partial charge in [-0.15, -0.1) is 0 Å². The Labute approximate surface area is 138 Å². The number of hydrogen-bond donors (Lipinski definition) is 1. The summed E-state index contributed by atoms with van der Waals surface area (Å²) in [5.41, 5.74) is 0. The zero-order chi connectivity index (χ0) is 18.9. The fourth-order valence-electron chi connectivity index (χ4n) is 1.75. The second-order valence-corrected chi connectivity index (χ2v) is 4.73.